The first-order chi connectivity index (χ1) is 14.5. The molecule has 0 saturated heterocycles. The highest BCUT2D eigenvalue weighted by Gasteiger charge is 2.13. The quantitative estimate of drug-likeness (QED) is 0.436. The predicted octanol–water partition coefficient (Wildman–Crippen LogP) is 5.05. The number of nitrogens with zero attached hydrogens (tertiary/aromatic N) is 3. The van der Waals surface area contributed by atoms with Crippen LogP contribution in [0.3, 0.4) is 0 Å². The smallest absolute Gasteiger partial charge is 0.363 e. The predicted molar refractivity (Wildman–Crippen MR) is 110 cm³/mol. The van der Waals surface area contributed by atoms with Crippen LogP contribution < -0.4 is 10.1 Å². The number of carbonyl (C=O) groups excluding carboxylic acids is 1. The van der Waals surface area contributed by atoms with Crippen molar-refractivity contribution in [1.29, 1.82) is 5.26 Å². The third-order valence-corrected chi connectivity index (χ3v) is 4.35. The summed E-state index contributed by atoms with van der Waals surface area (Å²) in [6.45, 7) is 1.92. The van der Waals surface area contributed by atoms with Gasteiger partial charge in [-0.3, -0.25) is 4.79 Å². The van der Waals surface area contributed by atoms with Crippen LogP contribution in [0.25, 0.3) is 0 Å². The maximum absolute atomic E-state index is 12.6. The highest BCUT2D eigenvalue weighted by molar-refractivity contribution is 6.04. The summed E-state index contributed by atoms with van der Waals surface area (Å²) < 4.78 is 5.65. The van der Waals surface area contributed by atoms with E-state index in [9.17, 15) is 20.2 Å². The Morgan fingerprint density at radius 3 is 2.67 bits per heavy atom. The van der Waals surface area contributed by atoms with Gasteiger partial charge in [0.2, 0.25) is 0 Å². The molecule has 150 valence electrons. The van der Waals surface area contributed by atoms with Gasteiger partial charge in [0.05, 0.1) is 12.0 Å². The van der Waals surface area contributed by atoms with Gasteiger partial charge in [0.1, 0.15) is 5.75 Å². The number of hydrogen-bond donors (Lipinski definition) is 1. The maximum Gasteiger partial charge on any atom is 0.363 e. The number of pyridine rings is 1. The van der Waals surface area contributed by atoms with Gasteiger partial charge in [-0.2, -0.15) is 5.26 Å². The van der Waals surface area contributed by atoms with E-state index in [2.05, 4.69) is 16.4 Å². The summed E-state index contributed by atoms with van der Waals surface area (Å²) in [7, 11) is 0. The highest BCUT2D eigenvalue weighted by Crippen LogP contribution is 2.25. The molecule has 1 amide bonds. The Morgan fingerprint density at radius 2 is 2.00 bits per heavy atom. The summed E-state index contributed by atoms with van der Waals surface area (Å²) in [6, 6.07) is 18.7. The van der Waals surface area contributed by atoms with Gasteiger partial charge >= 0.3 is 5.82 Å². The standard InChI is InChI=1S/C22H18N4O4/c1-2-15(13-23)16-5-3-6-17(11-16)22(27)25-18-7-4-8-19(12-18)30-20-9-10-21(24-14-20)26(28)29/h3-12,14-15H,2H2,1H3,(H,25,27). The highest BCUT2D eigenvalue weighted by atomic mass is 16.6. The van der Waals surface area contributed by atoms with Crippen LogP contribution in [0, 0.1) is 21.4 Å². The fourth-order valence-corrected chi connectivity index (χ4v) is 2.82. The zero-order valence-corrected chi connectivity index (χ0v) is 16.1. The monoisotopic (exact) mass is 402 g/mol. The number of anilines is 1. The van der Waals surface area contributed by atoms with Gasteiger partial charge in [-0.15, -0.1) is 0 Å². The van der Waals surface area contributed by atoms with Crippen molar-refractivity contribution < 1.29 is 14.5 Å². The molecule has 1 heterocycles. The molecule has 1 N–H and O–H groups in total. The number of hydrogen-bond acceptors (Lipinski definition) is 6. The topological polar surface area (TPSA) is 118 Å². The average molecular weight is 402 g/mol. The molecule has 30 heavy (non-hydrogen) atoms. The molecule has 0 fully saturated rings. The summed E-state index contributed by atoms with van der Waals surface area (Å²) in [4.78, 5) is 26.4. The number of nitriles is 1. The largest absolute Gasteiger partial charge is 0.453 e. The van der Waals surface area contributed by atoms with Gasteiger partial charge in [-0.25, -0.2) is 0 Å². The lowest BCUT2D eigenvalue weighted by atomic mass is 9.96. The van der Waals surface area contributed by atoms with E-state index in [1.54, 1.807) is 42.5 Å². The number of amides is 1. The molecular formula is C22H18N4O4. The molecule has 0 aliphatic carbocycles. The van der Waals surface area contributed by atoms with Crippen LogP contribution in [-0.4, -0.2) is 15.8 Å². The van der Waals surface area contributed by atoms with Crippen LogP contribution in [0.15, 0.2) is 66.9 Å². The van der Waals surface area contributed by atoms with Crippen LogP contribution in [0.2, 0.25) is 0 Å². The second kappa shape index (κ2) is 9.30. The van der Waals surface area contributed by atoms with Crippen LogP contribution in [0.4, 0.5) is 11.5 Å². The Kier molecular flexibility index (Phi) is 6.35. The summed E-state index contributed by atoms with van der Waals surface area (Å²) in [5, 5.41) is 22.7. The first kappa shape index (κ1) is 20.5. The van der Waals surface area contributed by atoms with Gasteiger partial charge in [0, 0.05) is 23.4 Å². The molecule has 0 spiro atoms. The van der Waals surface area contributed by atoms with Crippen molar-refractivity contribution >= 4 is 17.4 Å². The number of nitrogens with one attached hydrogen (secondary N) is 1. The van der Waals surface area contributed by atoms with E-state index in [-0.39, 0.29) is 17.6 Å². The Bertz CT molecular complexity index is 1110. The van der Waals surface area contributed by atoms with Gasteiger partial charge in [0.25, 0.3) is 5.91 Å². The average Bonchev–Trinajstić information content (AvgIpc) is 2.75. The van der Waals surface area contributed by atoms with Gasteiger partial charge < -0.3 is 20.2 Å². The first-order valence-electron chi connectivity index (χ1n) is 9.19. The van der Waals surface area contributed by atoms with Crippen molar-refractivity contribution in [3.05, 3.63) is 88.1 Å². The van der Waals surface area contributed by atoms with E-state index in [1.165, 1.54) is 18.3 Å². The Balaban J connectivity index is 1.72. The minimum Gasteiger partial charge on any atom is -0.453 e. The van der Waals surface area contributed by atoms with Crippen LogP contribution in [0.1, 0.15) is 35.2 Å². The summed E-state index contributed by atoms with van der Waals surface area (Å²) in [5.41, 5.74) is 1.77. The van der Waals surface area contributed by atoms with Gasteiger partial charge in [-0.1, -0.05) is 25.1 Å². The molecule has 8 nitrogen and oxygen atoms in total. The second-order valence-corrected chi connectivity index (χ2v) is 6.41. The number of rotatable bonds is 7. The van der Waals surface area contributed by atoms with Crippen molar-refractivity contribution in [2.75, 3.05) is 5.32 Å². The first-order valence-corrected chi connectivity index (χ1v) is 9.19. The van der Waals surface area contributed by atoms with Crippen molar-refractivity contribution in [1.82, 2.24) is 4.98 Å². The molecule has 0 aliphatic rings. The lowest BCUT2D eigenvalue weighted by molar-refractivity contribution is -0.389. The number of ether oxygens (including phenoxy) is 1. The lowest BCUT2D eigenvalue weighted by Gasteiger charge is -2.10. The minimum atomic E-state index is -0.589. The van der Waals surface area contributed by atoms with Gasteiger partial charge in [0.15, 0.2) is 11.9 Å². The molecule has 1 aromatic heterocycles. The molecule has 2 aromatic carbocycles. The molecular weight excluding hydrogens is 384 g/mol. The maximum atomic E-state index is 12.6. The molecule has 1 atom stereocenters. The molecule has 0 radical (unpaired) electrons. The minimum absolute atomic E-state index is 0.259. The normalized spacial score (nSPS) is 11.2. The van der Waals surface area contributed by atoms with Crippen LogP contribution in [0.5, 0.6) is 11.5 Å². The molecule has 8 heteroatoms. The zero-order valence-electron chi connectivity index (χ0n) is 16.1. The van der Waals surface area contributed by atoms with E-state index >= 15 is 0 Å². The third kappa shape index (κ3) is 4.97. The molecule has 3 aromatic rings. The van der Waals surface area contributed by atoms with Crippen molar-refractivity contribution in [2.45, 2.75) is 19.3 Å². The van der Waals surface area contributed by atoms with E-state index in [4.69, 9.17) is 4.74 Å². The number of carbonyl (C=O) groups is 1. The van der Waals surface area contributed by atoms with E-state index in [0.717, 1.165) is 5.56 Å². The lowest BCUT2D eigenvalue weighted by Crippen LogP contribution is -2.12. The fourth-order valence-electron chi connectivity index (χ4n) is 2.82. The summed E-state index contributed by atoms with van der Waals surface area (Å²) in [6.07, 6.45) is 1.92. The molecule has 3 rings (SSSR count). The molecule has 0 aliphatic heterocycles. The number of nitro groups is 1. The van der Waals surface area contributed by atoms with E-state index in [1.807, 2.05) is 13.0 Å². The molecule has 0 saturated carbocycles. The SMILES string of the molecule is CCC(C#N)c1cccc(C(=O)Nc2cccc(Oc3ccc([N+](=O)[O-])nc3)c2)c1. The Labute approximate surface area is 172 Å². The van der Waals surface area contributed by atoms with E-state index in [0.29, 0.717) is 29.2 Å². The van der Waals surface area contributed by atoms with Gasteiger partial charge in [-0.05, 0) is 52.2 Å². The van der Waals surface area contributed by atoms with E-state index < -0.39 is 4.92 Å². The number of benzene rings is 2. The van der Waals surface area contributed by atoms with Crippen molar-refractivity contribution in [3.8, 4) is 17.6 Å². The second-order valence-electron chi connectivity index (χ2n) is 6.41. The summed E-state index contributed by atoms with van der Waals surface area (Å²) >= 11 is 0. The fraction of sp³-hybridized carbons (Fsp3) is 0.136. The summed E-state index contributed by atoms with van der Waals surface area (Å²) in [5.74, 6) is -0.0671. The van der Waals surface area contributed by atoms with Crippen molar-refractivity contribution in [3.63, 3.8) is 0 Å². The molecule has 0 bridgehead atoms. The van der Waals surface area contributed by atoms with Crippen LogP contribution in [-0.2, 0) is 0 Å². The van der Waals surface area contributed by atoms with Crippen LogP contribution >= 0.6 is 0 Å². The zero-order chi connectivity index (χ0) is 21.5. The Morgan fingerprint density at radius 1 is 1.20 bits per heavy atom. The molecule has 1 unspecified atom stereocenters. The Hall–Kier alpha value is -4.25. The third-order valence-electron chi connectivity index (χ3n) is 4.35. The number of aromatic nitrogens is 1. The van der Waals surface area contributed by atoms with Crippen molar-refractivity contribution in [2.24, 2.45) is 0 Å².